The quantitative estimate of drug-likeness (QED) is 0.790. The lowest BCUT2D eigenvalue weighted by atomic mass is 9.46. The molecule has 0 aromatic heterocycles. The summed E-state index contributed by atoms with van der Waals surface area (Å²) in [7, 11) is 0. The van der Waals surface area contributed by atoms with Crippen LogP contribution in [0.25, 0.3) is 0 Å². The van der Waals surface area contributed by atoms with Crippen molar-refractivity contribution in [2.45, 2.75) is 75.1 Å². The molecule has 6 heteroatoms. The summed E-state index contributed by atoms with van der Waals surface area (Å²) in [5.74, 6) is 1.56. The van der Waals surface area contributed by atoms with Crippen LogP contribution in [0.1, 0.15) is 51.4 Å². The maximum atomic E-state index is 13.1. The monoisotopic (exact) mass is 351 g/mol. The summed E-state index contributed by atoms with van der Waals surface area (Å²) in [5, 5.41) is 20.2. The highest BCUT2D eigenvalue weighted by Crippen LogP contribution is 2.63. The van der Waals surface area contributed by atoms with Crippen molar-refractivity contribution in [3.05, 3.63) is 0 Å². The predicted molar refractivity (Wildman–Crippen MR) is 90.0 cm³/mol. The topological polar surface area (TPSA) is 90.4 Å². The first-order chi connectivity index (χ1) is 10.9. The van der Waals surface area contributed by atoms with E-state index >= 15 is 0 Å². The van der Waals surface area contributed by atoms with E-state index in [4.69, 9.17) is 5.73 Å². The van der Waals surface area contributed by atoms with Gasteiger partial charge in [0, 0.05) is 6.04 Å². The first kappa shape index (κ1) is 16.6. The number of hydrogen-bond acceptors (Lipinski definition) is 4. The third-order valence-electron chi connectivity index (χ3n) is 7.51. The molecule has 1 saturated heterocycles. The van der Waals surface area contributed by atoms with Crippen LogP contribution in [0.2, 0.25) is 0 Å². The van der Waals surface area contributed by atoms with Gasteiger partial charge < -0.3 is 15.7 Å². The number of likely N-dealkylation sites (tertiary alicyclic amines) is 1. The van der Waals surface area contributed by atoms with Crippen molar-refractivity contribution in [1.29, 1.82) is 5.26 Å². The Morgan fingerprint density at radius 1 is 1.21 bits per heavy atom. The third-order valence-corrected chi connectivity index (χ3v) is 7.51. The Balaban J connectivity index is 0.00000146. The Labute approximate surface area is 149 Å². The number of halogens is 1. The van der Waals surface area contributed by atoms with Gasteiger partial charge >= 0.3 is 0 Å². The molecule has 0 radical (unpaired) electrons. The first-order valence-corrected chi connectivity index (χ1v) is 9.13. The van der Waals surface area contributed by atoms with E-state index in [1.54, 1.807) is 4.90 Å². The molecule has 24 heavy (non-hydrogen) atoms. The zero-order valence-electron chi connectivity index (χ0n) is 13.9. The van der Waals surface area contributed by atoms with Crippen molar-refractivity contribution < 1.29 is 9.90 Å². The Bertz CT molecular complexity index is 604. The summed E-state index contributed by atoms with van der Waals surface area (Å²) in [6.07, 6.45) is 7.48. The van der Waals surface area contributed by atoms with E-state index in [-0.39, 0.29) is 35.8 Å². The van der Waals surface area contributed by atoms with Gasteiger partial charge in [-0.25, -0.2) is 0 Å². The van der Waals surface area contributed by atoms with Crippen LogP contribution < -0.4 is 5.73 Å². The lowest BCUT2D eigenvalue weighted by Crippen LogP contribution is -2.64. The summed E-state index contributed by atoms with van der Waals surface area (Å²) in [5.41, 5.74) is 5.71. The molecule has 0 aromatic rings. The molecule has 1 aliphatic heterocycles. The summed E-state index contributed by atoms with van der Waals surface area (Å²) in [4.78, 5) is 14.9. The first-order valence-electron chi connectivity index (χ1n) is 9.13. The van der Waals surface area contributed by atoms with Crippen LogP contribution in [0.5, 0.6) is 0 Å². The normalized spacial score (nSPS) is 51.5. The Hall–Kier alpha value is -0.830. The van der Waals surface area contributed by atoms with Crippen LogP contribution in [-0.4, -0.2) is 39.6 Å². The van der Waals surface area contributed by atoms with E-state index in [0.717, 1.165) is 38.5 Å². The summed E-state index contributed by atoms with van der Waals surface area (Å²) < 4.78 is 0. The van der Waals surface area contributed by atoms with Crippen molar-refractivity contribution in [2.75, 3.05) is 0 Å². The van der Waals surface area contributed by atoms with E-state index in [1.807, 2.05) is 0 Å². The van der Waals surface area contributed by atoms with Gasteiger partial charge in [0.15, 0.2) is 0 Å². The highest BCUT2D eigenvalue weighted by atomic mass is 35.5. The zero-order valence-corrected chi connectivity index (χ0v) is 14.7. The molecule has 5 saturated carbocycles. The molecule has 3 N–H and O–H groups in total. The van der Waals surface area contributed by atoms with Gasteiger partial charge in [-0.15, -0.1) is 12.4 Å². The molecule has 132 valence electrons. The van der Waals surface area contributed by atoms with Crippen LogP contribution in [0, 0.1) is 34.5 Å². The molecule has 0 aromatic carbocycles. The second-order valence-corrected chi connectivity index (χ2v) is 9.21. The lowest BCUT2D eigenvalue weighted by molar-refractivity contribution is -0.177. The second kappa shape index (κ2) is 5.09. The second-order valence-electron chi connectivity index (χ2n) is 9.21. The van der Waals surface area contributed by atoms with Crippen LogP contribution in [-0.2, 0) is 4.79 Å². The number of nitrogens with zero attached hydrogens (tertiary/aromatic N) is 2. The number of carbonyl (C=O) groups excluding carboxylic acids is 1. The van der Waals surface area contributed by atoms with Gasteiger partial charge in [-0.1, -0.05) is 0 Å². The van der Waals surface area contributed by atoms with E-state index in [1.165, 1.54) is 6.42 Å². The average molecular weight is 352 g/mol. The van der Waals surface area contributed by atoms with Crippen LogP contribution >= 0.6 is 12.4 Å². The van der Waals surface area contributed by atoms with Crippen molar-refractivity contribution in [3.63, 3.8) is 0 Å². The van der Waals surface area contributed by atoms with Gasteiger partial charge in [-0.2, -0.15) is 5.26 Å². The number of carbonyl (C=O) groups is 1. The minimum absolute atomic E-state index is 0. The number of piperidine rings is 1. The Morgan fingerprint density at radius 3 is 2.46 bits per heavy atom. The number of fused-ring (bicyclic) bond motifs is 1. The van der Waals surface area contributed by atoms with E-state index < -0.39 is 11.6 Å². The molecule has 4 bridgehead atoms. The molecule has 1 heterocycles. The fraction of sp³-hybridized carbons (Fsp3) is 0.889. The van der Waals surface area contributed by atoms with Crippen LogP contribution in [0.4, 0.5) is 0 Å². The molecule has 6 rings (SSSR count). The molecule has 1 amide bonds. The zero-order chi connectivity index (χ0) is 16.0. The van der Waals surface area contributed by atoms with Crippen LogP contribution in [0.15, 0.2) is 0 Å². The van der Waals surface area contributed by atoms with E-state index in [0.29, 0.717) is 24.2 Å². The maximum Gasteiger partial charge on any atom is 0.241 e. The molecule has 2 unspecified atom stereocenters. The predicted octanol–water partition coefficient (Wildman–Crippen LogP) is 1.58. The average Bonchev–Trinajstić information content (AvgIpc) is 3.14. The molecule has 0 spiro atoms. The minimum atomic E-state index is -0.594. The van der Waals surface area contributed by atoms with Crippen molar-refractivity contribution in [1.82, 2.24) is 4.90 Å². The smallest absolute Gasteiger partial charge is 0.241 e. The molecule has 5 nitrogen and oxygen atoms in total. The van der Waals surface area contributed by atoms with Gasteiger partial charge in [0.1, 0.15) is 6.04 Å². The van der Waals surface area contributed by atoms with Crippen molar-refractivity contribution in [3.8, 4) is 6.07 Å². The molecular weight excluding hydrogens is 326 g/mol. The number of amides is 1. The van der Waals surface area contributed by atoms with Gasteiger partial charge in [-0.3, -0.25) is 4.79 Å². The van der Waals surface area contributed by atoms with Gasteiger partial charge in [0.25, 0.3) is 0 Å². The Morgan fingerprint density at radius 2 is 1.88 bits per heavy atom. The SMILES string of the molecule is Cl.N#C[C@H]1C[C@H]2C[C@H]2N1C(=O)[C@H](N)C12C[C@@H]3C[C@@H](CC(O)(C3)C1)C2. The summed E-state index contributed by atoms with van der Waals surface area (Å²) in [6, 6.07) is 1.72. The van der Waals surface area contributed by atoms with Gasteiger partial charge in [-0.05, 0) is 74.5 Å². The highest BCUT2D eigenvalue weighted by molar-refractivity contribution is 5.85. The number of nitrogens with two attached hydrogens (primary N) is 1. The molecular formula is C18H26ClN3O2. The van der Waals surface area contributed by atoms with E-state index in [2.05, 4.69) is 6.07 Å². The van der Waals surface area contributed by atoms with Crippen molar-refractivity contribution >= 4 is 18.3 Å². The largest absolute Gasteiger partial charge is 0.390 e. The standard InChI is InChI=1S/C18H25N3O2.ClH/c19-8-13-2-12-3-14(12)21(13)16(22)15(20)17-4-10-1-11(5-17)7-18(23,6-10)9-17;/h10-15,23H,1-7,9,20H2;1H/t10-,11+,12-,13+,14+,15-,17?,18?;/m0./s1. The lowest BCUT2D eigenvalue weighted by Gasteiger charge is -2.61. The molecule has 6 aliphatic rings. The highest BCUT2D eigenvalue weighted by Gasteiger charge is 2.62. The minimum Gasteiger partial charge on any atom is -0.390 e. The summed E-state index contributed by atoms with van der Waals surface area (Å²) in [6.45, 7) is 0. The molecule has 8 atom stereocenters. The fourth-order valence-electron chi connectivity index (χ4n) is 6.96. The van der Waals surface area contributed by atoms with Gasteiger partial charge in [0.05, 0.1) is 17.7 Å². The van der Waals surface area contributed by atoms with Crippen molar-refractivity contribution in [2.24, 2.45) is 28.9 Å². The number of hydrogen-bond donors (Lipinski definition) is 2. The maximum absolute atomic E-state index is 13.1. The number of rotatable bonds is 2. The molecule has 5 aliphatic carbocycles. The third kappa shape index (κ3) is 2.16. The number of aliphatic hydroxyl groups is 1. The fourth-order valence-corrected chi connectivity index (χ4v) is 6.96. The van der Waals surface area contributed by atoms with Gasteiger partial charge in [0.2, 0.25) is 5.91 Å². The number of nitriles is 1. The van der Waals surface area contributed by atoms with Crippen LogP contribution in [0.3, 0.4) is 0 Å². The Kier molecular flexibility index (Phi) is 3.53. The van der Waals surface area contributed by atoms with E-state index in [9.17, 15) is 15.2 Å². The summed E-state index contributed by atoms with van der Waals surface area (Å²) >= 11 is 0. The molecule has 6 fully saturated rings.